The molecule has 0 aliphatic heterocycles. The molecule has 0 bridgehead atoms. The SMILES string of the molecule is O=C(CSc1cccc(Br)c1)C1CC1. The monoisotopic (exact) mass is 270 g/mol. The Kier molecular flexibility index (Phi) is 3.29. The molecule has 0 radical (unpaired) electrons. The van der Waals surface area contributed by atoms with Crippen LogP contribution in [-0.2, 0) is 4.79 Å². The number of Topliss-reactive ketones (excluding diaryl/α,β-unsaturated/α-hetero) is 1. The molecule has 3 heteroatoms. The third kappa shape index (κ3) is 2.85. The van der Waals surface area contributed by atoms with Crippen molar-refractivity contribution in [1.29, 1.82) is 0 Å². The van der Waals surface area contributed by atoms with E-state index in [-0.39, 0.29) is 0 Å². The largest absolute Gasteiger partial charge is 0.298 e. The van der Waals surface area contributed by atoms with Crippen molar-refractivity contribution in [1.82, 2.24) is 0 Å². The Balaban J connectivity index is 1.87. The highest BCUT2D eigenvalue weighted by Crippen LogP contribution is 2.32. The third-order valence-electron chi connectivity index (χ3n) is 2.21. The van der Waals surface area contributed by atoms with Crippen LogP contribution in [0.25, 0.3) is 0 Å². The first-order chi connectivity index (χ1) is 6.75. The Morgan fingerprint density at radius 3 is 2.93 bits per heavy atom. The summed E-state index contributed by atoms with van der Waals surface area (Å²) in [5.74, 6) is 1.42. The van der Waals surface area contributed by atoms with Crippen molar-refractivity contribution in [2.45, 2.75) is 17.7 Å². The Bertz CT molecular complexity index is 347. The predicted molar refractivity (Wildman–Crippen MR) is 62.6 cm³/mol. The third-order valence-corrected chi connectivity index (χ3v) is 3.72. The van der Waals surface area contributed by atoms with E-state index >= 15 is 0 Å². The molecule has 0 saturated heterocycles. The lowest BCUT2D eigenvalue weighted by atomic mass is 10.3. The van der Waals surface area contributed by atoms with E-state index in [1.54, 1.807) is 11.8 Å². The van der Waals surface area contributed by atoms with Crippen LogP contribution in [0.1, 0.15) is 12.8 Å². The van der Waals surface area contributed by atoms with E-state index in [4.69, 9.17) is 0 Å². The highest BCUT2D eigenvalue weighted by molar-refractivity contribution is 9.10. The van der Waals surface area contributed by atoms with E-state index in [9.17, 15) is 4.79 Å². The second-order valence-corrected chi connectivity index (χ2v) is 5.45. The van der Waals surface area contributed by atoms with Gasteiger partial charge in [0, 0.05) is 15.3 Å². The highest BCUT2D eigenvalue weighted by atomic mass is 79.9. The fourth-order valence-electron chi connectivity index (χ4n) is 1.23. The molecule has 0 aromatic heterocycles. The van der Waals surface area contributed by atoms with E-state index in [1.165, 1.54) is 0 Å². The van der Waals surface area contributed by atoms with Gasteiger partial charge in [0.2, 0.25) is 0 Å². The number of benzene rings is 1. The fraction of sp³-hybridized carbons (Fsp3) is 0.364. The molecule has 0 unspecified atom stereocenters. The molecule has 1 aliphatic carbocycles. The predicted octanol–water partition coefficient (Wildman–Crippen LogP) is 3.52. The average molecular weight is 271 g/mol. The van der Waals surface area contributed by atoms with Gasteiger partial charge in [0.15, 0.2) is 0 Å². The summed E-state index contributed by atoms with van der Waals surface area (Å²) in [7, 11) is 0. The number of rotatable bonds is 4. The van der Waals surface area contributed by atoms with Gasteiger partial charge in [-0.05, 0) is 31.0 Å². The van der Waals surface area contributed by atoms with Gasteiger partial charge in [0.05, 0.1) is 5.75 Å². The minimum atomic E-state index is 0.384. The van der Waals surface area contributed by atoms with Gasteiger partial charge in [0.25, 0.3) is 0 Å². The Morgan fingerprint density at radius 2 is 2.29 bits per heavy atom. The van der Waals surface area contributed by atoms with Gasteiger partial charge in [-0.25, -0.2) is 0 Å². The zero-order valence-corrected chi connectivity index (χ0v) is 10.1. The first kappa shape index (κ1) is 10.2. The van der Waals surface area contributed by atoms with Crippen molar-refractivity contribution in [3.8, 4) is 0 Å². The molecule has 0 heterocycles. The van der Waals surface area contributed by atoms with Gasteiger partial charge in [-0.15, -0.1) is 11.8 Å². The summed E-state index contributed by atoms with van der Waals surface area (Å²) in [6.07, 6.45) is 2.22. The lowest BCUT2D eigenvalue weighted by molar-refractivity contribution is -0.117. The summed E-state index contributed by atoms with van der Waals surface area (Å²) in [6.45, 7) is 0. The van der Waals surface area contributed by atoms with Crippen molar-refractivity contribution < 1.29 is 4.79 Å². The Hall–Kier alpha value is -0.280. The zero-order valence-electron chi connectivity index (χ0n) is 7.70. The molecule has 1 saturated carbocycles. The van der Waals surface area contributed by atoms with Gasteiger partial charge >= 0.3 is 0 Å². The summed E-state index contributed by atoms with van der Waals surface area (Å²) in [6, 6.07) is 8.07. The number of halogens is 1. The summed E-state index contributed by atoms with van der Waals surface area (Å²) in [5, 5.41) is 0. The summed E-state index contributed by atoms with van der Waals surface area (Å²) >= 11 is 5.04. The van der Waals surface area contributed by atoms with E-state index in [1.807, 2.05) is 24.3 Å². The molecule has 1 fully saturated rings. The second-order valence-electron chi connectivity index (χ2n) is 3.49. The minimum Gasteiger partial charge on any atom is -0.298 e. The fourth-order valence-corrected chi connectivity index (χ4v) is 2.71. The molecule has 1 aromatic carbocycles. The maximum atomic E-state index is 11.4. The van der Waals surface area contributed by atoms with Gasteiger partial charge in [-0.1, -0.05) is 22.0 Å². The normalized spacial score (nSPS) is 15.5. The molecule has 74 valence electrons. The van der Waals surface area contributed by atoms with Crippen molar-refractivity contribution in [3.05, 3.63) is 28.7 Å². The number of hydrogen-bond donors (Lipinski definition) is 0. The van der Waals surface area contributed by atoms with Crippen LogP contribution in [0.15, 0.2) is 33.6 Å². The molecule has 1 aliphatic rings. The van der Waals surface area contributed by atoms with E-state index in [0.29, 0.717) is 17.5 Å². The maximum absolute atomic E-state index is 11.4. The zero-order chi connectivity index (χ0) is 9.97. The molecule has 0 N–H and O–H groups in total. The van der Waals surface area contributed by atoms with Crippen molar-refractivity contribution in [3.63, 3.8) is 0 Å². The standard InChI is InChI=1S/C11H11BrOS/c12-9-2-1-3-10(6-9)14-7-11(13)8-4-5-8/h1-3,6,8H,4-5,7H2. The van der Waals surface area contributed by atoms with Crippen LogP contribution in [-0.4, -0.2) is 11.5 Å². The van der Waals surface area contributed by atoms with Crippen molar-refractivity contribution in [2.24, 2.45) is 5.92 Å². The number of hydrogen-bond acceptors (Lipinski definition) is 2. The van der Waals surface area contributed by atoms with Crippen molar-refractivity contribution in [2.75, 3.05) is 5.75 Å². The molecule has 2 rings (SSSR count). The van der Waals surface area contributed by atoms with Crippen LogP contribution in [0.5, 0.6) is 0 Å². The average Bonchev–Trinajstić information content (AvgIpc) is 2.97. The number of carbonyl (C=O) groups excluding carboxylic acids is 1. The summed E-state index contributed by atoms with van der Waals surface area (Å²) in [5.41, 5.74) is 0. The first-order valence-corrected chi connectivity index (χ1v) is 6.44. The number of ketones is 1. The Labute approximate surface area is 96.4 Å². The molecule has 1 aromatic rings. The minimum absolute atomic E-state index is 0.384. The molecule has 1 nitrogen and oxygen atoms in total. The van der Waals surface area contributed by atoms with Crippen LogP contribution in [0.2, 0.25) is 0 Å². The van der Waals surface area contributed by atoms with Crippen LogP contribution in [0.3, 0.4) is 0 Å². The second kappa shape index (κ2) is 4.49. The number of thioether (sulfide) groups is 1. The summed E-state index contributed by atoms with van der Waals surface area (Å²) in [4.78, 5) is 12.6. The smallest absolute Gasteiger partial charge is 0.146 e. The summed E-state index contributed by atoms with van der Waals surface area (Å²) < 4.78 is 1.07. The van der Waals surface area contributed by atoms with E-state index in [2.05, 4.69) is 15.9 Å². The topological polar surface area (TPSA) is 17.1 Å². The van der Waals surface area contributed by atoms with Gasteiger partial charge < -0.3 is 0 Å². The van der Waals surface area contributed by atoms with Crippen molar-refractivity contribution >= 4 is 33.5 Å². The van der Waals surface area contributed by atoms with E-state index < -0.39 is 0 Å². The Morgan fingerprint density at radius 1 is 1.50 bits per heavy atom. The maximum Gasteiger partial charge on any atom is 0.146 e. The van der Waals surface area contributed by atoms with Crippen LogP contribution in [0, 0.1) is 5.92 Å². The van der Waals surface area contributed by atoms with Gasteiger partial charge in [-0.2, -0.15) is 0 Å². The van der Waals surface area contributed by atoms with Crippen LogP contribution in [0.4, 0.5) is 0 Å². The van der Waals surface area contributed by atoms with Crippen LogP contribution < -0.4 is 0 Å². The van der Waals surface area contributed by atoms with Gasteiger partial charge in [-0.3, -0.25) is 4.79 Å². The lowest BCUT2D eigenvalue weighted by Crippen LogP contribution is -2.02. The molecule has 0 amide bonds. The molecule has 0 atom stereocenters. The molecular formula is C11H11BrOS. The highest BCUT2D eigenvalue weighted by Gasteiger charge is 2.28. The van der Waals surface area contributed by atoms with Crippen LogP contribution >= 0.6 is 27.7 Å². The molecule has 14 heavy (non-hydrogen) atoms. The molecule has 0 spiro atoms. The lowest BCUT2D eigenvalue weighted by Gasteiger charge is -2.00. The van der Waals surface area contributed by atoms with Gasteiger partial charge in [0.1, 0.15) is 5.78 Å². The number of carbonyl (C=O) groups is 1. The quantitative estimate of drug-likeness (QED) is 0.779. The molecular weight excluding hydrogens is 260 g/mol. The first-order valence-electron chi connectivity index (χ1n) is 4.67. The van der Waals surface area contributed by atoms with E-state index in [0.717, 1.165) is 22.2 Å².